The minimum Gasteiger partial charge on any atom is -0.481 e. The summed E-state index contributed by atoms with van der Waals surface area (Å²) in [5.41, 5.74) is 10.1. The lowest BCUT2D eigenvalue weighted by Gasteiger charge is -2.29. The molecule has 3 aromatic rings. The number of fused-ring (bicyclic) bond motifs is 1. The van der Waals surface area contributed by atoms with E-state index >= 15 is 0 Å². The summed E-state index contributed by atoms with van der Waals surface area (Å²) in [6.07, 6.45) is 1.78. The van der Waals surface area contributed by atoms with Crippen LogP contribution < -0.4 is 15.8 Å². The van der Waals surface area contributed by atoms with Crippen LogP contribution in [0, 0.1) is 12.7 Å². The number of halogens is 1. The SMILES string of the molecule is COc1cccc(-c2cc(F)ccc2[C@H]2Cc3nc(N)nc(C)c3/C(=N/OCCCCO)N2)n1. The third-order valence-corrected chi connectivity index (χ3v) is 5.53. The van der Waals surface area contributed by atoms with Crippen molar-refractivity contribution in [2.45, 2.75) is 32.2 Å². The van der Waals surface area contributed by atoms with Gasteiger partial charge in [-0.05, 0) is 43.5 Å². The number of anilines is 1. The maximum Gasteiger partial charge on any atom is 0.220 e. The highest BCUT2D eigenvalue weighted by Crippen LogP contribution is 2.34. The van der Waals surface area contributed by atoms with E-state index in [-0.39, 0.29) is 24.4 Å². The minimum absolute atomic E-state index is 0.0982. The zero-order valence-electron chi connectivity index (χ0n) is 19.1. The number of aryl methyl sites for hydroxylation is 1. The van der Waals surface area contributed by atoms with Crippen molar-refractivity contribution >= 4 is 11.8 Å². The van der Waals surface area contributed by atoms with Crippen molar-refractivity contribution in [2.24, 2.45) is 5.16 Å². The van der Waals surface area contributed by atoms with E-state index < -0.39 is 0 Å². The maximum atomic E-state index is 14.3. The molecule has 0 saturated carbocycles. The number of nitrogens with zero attached hydrogens (tertiary/aromatic N) is 4. The Labute approximate surface area is 196 Å². The highest BCUT2D eigenvalue weighted by atomic mass is 19.1. The van der Waals surface area contributed by atoms with Gasteiger partial charge in [0.1, 0.15) is 12.4 Å². The monoisotopic (exact) mass is 466 g/mol. The third kappa shape index (κ3) is 5.07. The Balaban J connectivity index is 1.74. The van der Waals surface area contributed by atoms with Gasteiger partial charge in [-0.3, -0.25) is 0 Å². The second-order valence-electron chi connectivity index (χ2n) is 7.89. The van der Waals surface area contributed by atoms with Crippen molar-refractivity contribution in [1.29, 1.82) is 0 Å². The van der Waals surface area contributed by atoms with Crippen molar-refractivity contribution in [2.75, 3.05) is 26.1 Å². The molecule has 4 rings (SSSR count). The van der Waals surface area contributed by atoms with Gasteiger partial charge in [-0.1, -0.05) is 17.3 Å². The minimum atomic E-state index is -0.372. The summed E-state index contributed by atoms with van der Waals surface area (Å²) in [6, 6.07) is 9.65. The number of pyridine rings is 1. The quantitative estimate of drug-likeness (QED) is 0.342. The molecule has 0 saturated heterocycles. The molecular formula is C24H27FN6O3. The molecule has 4 N–H and O–H groups in total. The number of nitrogens with one attached hydrogen (secondary N) is 1. The number of ether oxygens (including phenoxy) is 1. The van der Waals surface area contributed by atoms with Crippen molar-refractivity contribution in [1.82, 2.24) is 20.3 Å². The number of aliphatic hydroxyl groups is 1. The van der Waals surface area contributed by atoms with Gasteiger partial charge in [0, 0.05) is 24.7 Å². The average Bonchev–Trinajstić information content (AvgIpc) is 2.83. The first-order valence-corrected chi connectivity index (χ1v) is 11.0. The molecule has 178 valence electrons. The molecule has 0 unspecified atom stereocenters. The molecule has 1 aliphatic heterocycles. The van der Waals surface area contributed by atoms with Crippen molar-refractivity contribution in [3.63, 3.8) is 0 Å². The summed E-state index contributed by atoms with van der Waals surface area (Å²) in [4.78, 5) is 18.7. The molecule has 9 nitrogen and oxygen atoms in total. The predicted octanol–water partition coefficient (Wildman–Crippen LogP) is 2.91. The highest BCUT2D eigenvalue weighted by molar-refractivity contribution is 6.01. The number of nitrogens with two attached hydrogens (primary N) is 1. The molecule has 0 amide bonds. The van der Waals surface area contributed by atoms with E-state index in [1.165, 1.54) is 19.2 Å². The Morgan fingerprint density at radius 2 is 2.06 bits per heavy atom. The third-order valence-electron chi connectivity index (χ3n) is 5.53. The topological polar surface area (TPSA) is 128 Å². The normalized spacial score (nSPS) is 16.1. The fraction of sp³-hybridized carbons (Fsp3) is 0.333. The van der Waals surface area contributed by atoms with E-state index in [1.54, 1.807) is 18.2 Å². The van der Waals surface area contributed by atoms with Crippen molar-refractivity contribution in [3.8, 4) is 17.1 Å². The number of aliphatic hydroxyl groups excluding tert-OH is 1. The second-order valence-corrected chi connectivity index (χ2v) is 7.89. The van der Waals surface area contributed by atoms with Crippen LogP contribution in [-0.4, -0.2) is 46.2 Å². The van der Waals surface area contributed by atoms with Crippen LogP contribution in [-0.2, 0) is 11.3 Å². The number of amidine groups is 1. The second kappa shape index (κ2) is 10.4. The van der Waals surface area contributed by atoms with E-state index in [4.69, 9.17) is 20.4 Å². The first kappa shape index (κ1) is 23.4. The van der Waals surface area contributed by atoms with E-state index in [2.05, 4.69) is 25.4 Å². The Hall–Kier alpha value is -3.79. The molecule has 10 heteroatoms. The fourth-order valence-electron chi connectivity index (χ4n) is 3.97. The molecule has 2 aromatic heterocycles. The average molecular weight is 467 g/mol. The van der Waals surface area contributed by atoms with Crippen LogP contribution in [0.25, 0.3) is 11.3 Å². The van der Waals surface area contributed by atoms with E-state index in [0.29, 0.717) is 54.5 Å². The number of benzene rings is 1. The van der Waals surface area contributed by atoms with E-state index in [9.17, 15) is 4.39 Å². The molecule has 3 heterocycles. The van der Waals surface area contributed by atoms with Gasteiger partial charge >= 0.3 is 0 Å². The van der Waals surface area contributed by atoms with Crippen LogP contribution in [0.2, 0.25) is 0 Å². The zero-order valence-corrected chi connectivity index (χ0v) is 19.1. The van der Waals surface area contributed by atoms with Crippen LogP contribution in [0.15, 0.2) is 41.6 Å². The Kier molecular flexibility index (Phi) is 7.17. The number of methoxy groups -OCH3 is 1. The smallest absolute Gasteiger partial charge is 0.220 e. The fourth-order valence-corrected chi connectivity index (χ4v) is 3.97. The lowest BCUT2D eigenvalue weighted by Crippen LogP contribution is -2.38. The first-order valence-electron chi connectivity index (χ1n) is 11.0. The summed E-state index contributed by atoms with van der Waals surface area (Å²) >= 11 is 0. The molecule has 0 radical (unpaired) electrons. The van der Waals surface area contributed by atoms with Crippen LogP contribution in [0.1, 0.15) is 41.4 Å². The number of hydrogen-bond acceptors (Lipinski definition) is 8. The summed E-state index contributed by atoms with van der Waals surface area (Å²) in [5.74, 6) is 0.711. The first-order chi connectivity index (χ1) is 16.5. The predicted molar refractivity (Wildman–Crippen MR) is 126 cm³/mol. The van der Waals surface area contributed by atoms with Gasteiger partial charge in [0.05, 0.1) is 35.8 Å². The van der Waals surface area contributed by atoms with Crippen molar-refractivity contribution < 1.29 is 19.1 Å². The van der Waals surface area contributed by atoms with Crippen LogP contribution in [0.4, 0.5) is 10.3 Å². The standard InChI is InChI=1S/C24H27FN6O3/c1-14-22-20(30-24(26)27-14)13-19(29-23(22)31-34-11-4-3-10-32)16-9-8-15(25)12-17(16)18-6-5-7-21(28-18)33-2/h5-9,12,19,32H,3-4,10-11,13H2,1-2H3,(H,29,31)(H2,26,27,30)/t19-/m1/s1. The summed E-state index contributed by atoms with van der Waals surface area (Å²) in [5, 5.41) is 16.7. The molecule has 0 aliphatic carbocycles. The van der Waals surface area contributed by atoms with Crippen LogP contribution >= 0.6 is 0 Å². The number of rotatable bonds is 8. The number of nitrogen functional groups attached to an aromatic ring is 1. The molecule has 0 bridgehead atoms. The molecule has 0 fully saturated rings. The Morgan fingerprint density at radius 3 is 2.85 bits per heavy atom. The van der Waals surface area contributed by atoms with E-state index in [0.717, 1.165) is 16.8 Å². The molecule has 1 atom stereocenters. The highest BCUT2D eigenvalue weighted by Gasteiger charge is 2.30. The van der Waals surface area contributed by atoms with Gasteiger partial charge in [0.25, 0.3) is 0 Å². The number of aromatic nitrogens is 3. The molecular weight excluding hydrogens is 439 g/mol. The molecule has 34 heavy (non-hydrogen) atoms. The summed E-state index contributed by atoms with van der Waals surface area (Å²) < 4.78 is 19.5. The van der Waals surface area contributed by atoms with Gasteiger partial charge < -0.3 is 25.7 Å². The number of oxime groups is 1. The van der Waals surface area contributed by atoms with Gasteiger partial charge in [-0.2, -0.15) is 0 Å². The maximum absolute atomic E-state index is 14.3. The Bertz CT molecular complexity index is 1200. The van der Waals surface area contributed by atoms with Gasteiger partial charge in [-0.15, -0.1) is 0 Å². The Morgan fingerprint density at radius 1 is 1.21 bits per heavy atom. The van der Waals surface area contributed by atoms with Gasteiger partial charge in [0.15, 0.2) is 5.84 Å². The zero-order chi connectivity index (χ0) is 24.1. The number of hydrogen-bond donors (Lipinski definition) is 3. The lowest BCUT2D eigenvalue weighted by molar-refractivity contribution is 0.133. The van der Waals surface area contributed by atoms with Crippen LogP contribution in [0.3, 0.4) is 0 Å². The van der Waals surface area contributed by atoms with Gasteiger partial charge in [0.2, 0.25) is 11.8 Å². The lowest BCUT2D eigenvalue weighted by atomic mass is 9.90. The van der Waals surface area contributed by atoms with Crippen molar-refractivity contribution in [3.05, 3.63) is 64.7 Å². The summed E-state index contributed by atoms with van der Waals surface area (Å²) in [7, 11) is 1.54. The molecule has 1 aromatic carbocycles. The molecule has 1 aliphatic rings. The molecule has 0 spiro atoms. The van der Waals surface area contributed by atoms with E-state index in [1.807, 2.05) is 13.0 Å². The largest absolute Gasteiger partial charge is 0.481 e. The van der Waals surface area contributed by atoms with Crippen LogP contribution in [0.5, 0.6) is 5.88 Å². The number of unbranched alkanes of at least 4 members (excludes halogenated alkanes) is 1. The summed E-state index contributed by atoms with van der Waals surface area (Å²) in [6.45, 7) is 2.29. The van der Waals surface area contributed by atoms with Gasteiger partial charge in [-0.25, -0.2) is 19.3 Å².